The number of amides is 1. The smallest absolute Gasteiger partial charge is 0.324 e. The third-order valence-corrected chi connectivity index (χ3v) is 3.29. The molecule has 0 aliphatic heterocycles. The summed E-state index contributed by atoms with van der Waals surface area (Å²) >= 11 is 0. The van der Waals surface area contributed by atoms with E-state index in [1.807, 2.05) is 5.43 Å². The Labute approximate surface area is 89.7 Å². The Balaban J connectivity index is 3.33. The van der Waals surface area contributed by atoms with E-state index in [0.29, 0.717) is 19.3 Å². The molecule has 0 fully saturated rings. The average Bonchev–Trinajstić information content (AvgIpc) is 2.22. The summed E-state index contributed by atoms with van der Waals surface area (Å²) in [5, 5.41) is 0. The Morgan fingerprint density at radius 3 is 2.67 bits per heavy atom. The number of rotatable bonds is 8. The first-order valence-corrected chi connectivity index (χ1v) is 6.74. The van der Waals surface area contributed by atoms with E-state index in [4.69, 9.17) is 15.3 Å². The predicted octanol–water partition coefficient (Wildman–Crippen LogP) is 0.759. The minimum Gasteiger partial charge on any atom is -0.324 e. The highest BCUT2D eigenvalue weighted by atomic mass is 31.2. The van der Waals surface area contributed by atoms with Crippen LogP contribution >= 0.6 is 7.60 Å². The Bertz CT molecular complexity index is 235. The monoisotopic (exact) mass is 238 g/mol. The summed E-state index contributed by atoms with van der Waals surface area (Å²) in [6.07, 6.45) is 2.65. The molecule has 0 spiro atoms. The number of carbonyl (C=O) groups excluding carboxylic acids is 1. The van der Waals surface area contributed by atoms with Crippen molar-refractivity contribution in [1.29, 1.82) is 0 Å². The number of hydrogen-bond acceptors (Lipinski definition) is 4. The van der Waals surface area contributed by atoms with Gasteiger partial charge in [-0.1, -0.05) is 13.3 Å². The second-order valence-electron chi connectivity index (χ2n) is 3.17. The van der Waals surface area contributed by atoms with Gasteiger partial charge in [0, 0.05) is 12.6 Å². The summed E-state index contributed by atoms with van der Waals surface area (Å²) in [6.45, 7) is 1.86. The average molecular weight is 238 g/mol. The molecule has 90 valence electrons. The molecule has 0 saturated carbocycles. The number of hydrogen-bond donors (Lipinski definition) is 3. The van der Waals surface area contributed by atoms with Gasteiger partial charge in [0.15, 0.2) is 0 Å². The van der Waals surface area contributed by atoms with E-state index >= 15 is 0 Å². The molecule has 1 amide bonds. The van der Waals surface area contributed by atoms with E-state index in [1.54, 1.807) is 6.92 Å². The zero-order chi connectivity index (χ0) is 11.7. The van der Waals surface area contributed by atoms with Crippen molar-refractivity contribution in [2.75, 3.05) is 12.8 Å². The summed E-state index contributed by atoms with van der Waals surface area (Å²) in [6, 6.07) is 0. The molecule has 0 aromatic heterocycles. The lowest BCUT2D eigenvalue weighted by Crippen LogP contribution is -2.29. The van der Waals surface area contributed by atoms with Crippen molar-refractivity contribution in [3.05, 3.63) is 0 Å². The highest BCUT2D eigenvalue weighted by Gasteiger charge is 2.14. The number of unbranched alkanes of at least 4 members (excludes halogenated alkanes) is 2. The minimum absolute atomic E-state index is 0.128. The SMILES string of the molecule is CCP(=O)(O)OCCCCCC(=O)NN. The van der Waals surface area contributed by atoms with Gasteiger partial charge in [0.05, 0.1) is 6.61 Å². The number of carbonyl (C=O) groups is 1. The van der Waals surface area contributed by atoms with Crippen LogP contribution in [0, 0.1) is 0 Å². The fraction of sp³-hybridized carbons (Fsp3) is 0.875. The zero-order valence-corrected chi connectivity index (χ0v) is 9.83. The van der Waals surface area contributed by atoms with Crippen LogP contribution in [0.1, 0.15) is 32.6 Å². The van der Waals surface area contributed by atoms with E-state index in [-0.39, 0.29) is 18.7 Å². The van der Waals surface area contributed by atoms with Crippen LogP contribution in [0.3, 0.4) is 0 Å². The highest BCUT2D eigenvalue weighted by molar-refractivity contribution is 7.52. The topological polar surface area (TPSA) is 102 Å². The van der Waals surface area contributed by atoms with Gasteiger partial charge < -0.3 is 9.42 Å². The lowest BCUT2D eigenvalue weighted by molar-refractivity contribution is -0.121. The Hall–Kier alpha value is -0.420. The van der Waals surface area contributed by atoms with Crippen LogP contribution in [0.4, 0.5) is 0 Å². The van der Waals surface area contributed by atoms with Crippen molar-refractivity contribution in [3.63, 3.8) is 0 Å². The van der Waals surface area contributed by atoms with Crippen LogP contribution in [0.25, 0.3) is 0 Å². The summed E-state index contributed by atoms with van der Waals surface area (Å²) in [4.78, 5) is 19.8. The van der Waals surface area contributed by atoms with E-state index in [1.165, 1.54) is 0 Å². The molecule has 0 aliphatic rings. The minimum atomic E-state index is -3.35. The van der Waals surface area contributed by atoms with Gasteiger partial charge in [-0.3, -0.25) is 14.8 Å². The molecule has 1 atom stereocenters. The molecule has 0 aliphatic carbocycles. The lowest BCUT2D eigenvalue weighted by Gasteiger charge is -2.09. The van der Waals surface area contributed by atoms with Gasteiger partial charge in [0.2, 0.25) is 5.91 Å². The number of nitrogens with one attached hydrogen (secondary N) is 1. The molecule has 0 saturated heterocycles. The maximum atomic E-state index is 11.0. The molecule has 0 bridgehead atoms. The highest BCUT2D eigenvalue weighted by Crippen LogP contribution is 2.40. The van der Waals surface area contributed by atoms with Crippen molar-refractivity contribution >= 4 is 13.5 Å². The standard InChI is InChI=1S/C8H19N2O4P/c1-2-15(12,13)14-7-5-3-4-6-8(11)10-9/h2-7,9H2,1H3,(H,10,11)(H,12,13). The van der Waals surface area contributed by atoms with Gasteiger partial charge in [0.25, 0.3) is 0 Å². The molecular formula is C8H19N2O4P. The van der Waals surface area contributed by atoms with Gasteiger partial charge in [-0.2, -0.15) is 0 Å². The first kappa shape index (κ1) is 14.6. The molecule has 4 N–H and O–H groups in total. The second-order valence-corrected chi connectivity index (χ2v) is 5.33. The van der Waals surface area contributed by atoms with Crippen LogP contribution in [0.15, 0.2) is 0 Å². The van der Waals surface area contributed by atoms with Crippen LogP contribution < -0.4 is 11.3 Å². The van der Waals surface area contributed by atoms with Crippen molar-refractivity contribution in [2.24, 2.45) is 5.84 Å². The molecule has 1 unspecified atom stereocenters. The molecule has 0 rings (SSSR count). The summed E-state index contributed by atoms with van der Waals surface area (Å²) in [7, 11) is -3.35. The first-order chi connectivity index (χ1) is 7.02. The van der Waals surface area contributed by atoms with Gasteiger partial charge >= 0.3 is 7.60 Å². The zero-order valence-electron chi connectivity index (χ0n) is 8.94. The van der Waals surface area contributed by atoms with E-state index in [0.717, 1.165) is 6.42 Å². The third-order valence-electron chi connectivity index (χ3n) is 1.90. The van der Waals surface area contributed by atoms with Crippen LogP contribution in [-0.2, 0) is 13.9 Å². The Kier molecular flexibility index (Phi) is 7.60. The number of hydrazine groups is 1. The molecule has 6 nitrogen and oxygen atoms in total. The second kappa shape index (κ2) is 7.82. The molecule has 0 radical (unpaired) electrons. The van der Waals surface area contributed by atoms with Crippen molar-refractivity contribution in [1.82, 2.24) is 5.43 Å². The summed E-state index contributed by atoms with van der Waals surface area (Å²) in [5.41, 5.74) is 2.03. The van der Waals surface area contributed by atoms with Gasteiger partial charge in [-0.15, -0.1) is 0 Å². The molecule has 7 heteroatoms. The Morgan fingerprint density at radius 1 is 1.47 bits per heavy atom. The van der Waals surface area contributed by atoms with Crippen molar-refractivity contribution < 1.29 is 18.8 Å². The largest absolute Gasteiger partial charge is 0.327 e. The van der Waals surface area contributed by atoms with Crippen LogP contribution in [-0.4, -0.2) is 23.6 Å². The van der Waals surface area contributed by atoms with Crippen LogP contribution in [0.5, 0.6) is 0 Å². The fourth-order valence-corrected chi connectivity index (χ4v) is 1.53. The van der Waals surface area contributed by atoms with Crippen molar-refractivity contribution in [3.8, 4) is 0 Å². The van der Waals surface area contributed by atoms with Crippen molar-refractivity contribution in [2.45, 2.75) is 32.6 Å². The van der Waals surface area contributed by atoms with E-state index in [9.17, 15) is 9.36 Å². The fourth-order valence-electron chi connectivity index (χ4n) is 0.935. The first-order valence-electron chi connectivity index (χ1n) is 4.97. The third kappa shape index (κ3) is 8.57. The summed E-state index contributed by atoms with van der Waals surface area (Å²) < 4.78 is 15.8. The van der Waals surface area contributed by atoms with Crippen LogP contribution in [0.2, 0.25) is 0 Å². The maximum Gasteiger partial charge on any atom is 0.327 e. The molecule has 0 aromatic carbocycles. The molecule has 0 aromatic rings. The normalized spacial score (nSPS) is 14.6. The van der Waals surface area contributed by atoms with Gasteiger partial charge in [-0.25, -0.2) is 5.84 Å². The number of nitrogens with two attached hydrogens (primary N) is 1. The maximum absolute atomic E-state index is 11.0. The van der Waals surface area contributed by atoms with Gasteiger partial charge in [0.1, 0.15) is 0 Å². The molecular weight excluding hydrogens is 219 g/mol. The quantitative estimate of drug-likeness (QED) is 0.190. The van der Waals surface area contributed by atoms with E-state index in [2.05, 4.69) is 0 Å². The van der Waals surface area contributed by atoms with E-state index < -0.39 is 7.60 Å². The molecule has 0 heterocycles. The Morgan fingerprint density at radius 2 is 2.13 bits per heavy atom. The molecule has 15 heavy (non-hydrogen) atoms. The lowest BCUT2D eigenvalue weighted by atomic mass is 10.2. The predicted molar refractivity (Wildman–Crippen MR) is 57.1 cm³/mol. The summed E-state index contributed by atoms with van der Waals surface area (Å²) in [5.74, 6) is 4.70. The van der Waals surface area contributed by atoms with Gasteiger partial charge in [-0.05, 0) is 12.8 Å².